The van der Waals surface area contributed by atoms with E-state index in [-0.39, 0.29) is 40.8 Å². The largest absolute Gasteiger partial charge is 4.00 e. The van der Waals surface area contributed by atoms with E-state index >= 15 is 0 Å². The molecule has 0 aliphatic heterocycles. The van der Waals surface area contributed by atoms with Crippen LogP contribution in [0.4, 0.5) is 0 Å². The second-order valence-corrected chi connectivity index (χ2v) is 1.87. The van der Waals surface area contributed by atoms with Crippen LogP contribution in [-0.2, 0) is 21.1 Å². The first-order valence-corrected chi connectivity index (χ1v) is 3.23. The summed E-state index contributed by atoms with van der Waals surface area (Å²) in [6, 6.07) is 0. The van der Waals surface area contributed by atoms with Gasteiger partial charge in [0.25, 0.3) is 0 Å². The summed E-state index contributed by atoms with van der Waals surface area (Å²) in [5.41, 5.74) is 0. The van der Waals surface area contributed by atoms with Crippen molar-refractivity contribution in [3.05, 3.63) is 26.1 Å². The summed E-state index contributed by atoms with van der Waals surface area (Å²) in [6.45, 7) is 4.43. The summed E-state index contributed by atoms with van der Waals surface area (Å²) >= 11 is 0. The normalized spacial score (nSPS) is 6.00. The van der Waals surface area contributed by atoms with E-state index in [0.29, 0.717) is 0 Å². The molecule has 11 heavy (non-hydrogen) atoms. The standard InChI is InChI=1S/C7H15.CH3.2H2N.Pt/c1-3-5-7-6-4-2;;;;/h7H,3-6H2,1-2H3;1H3;2*1H2;/q4*-1;+4. The summed E-state index contributed by atoms with van der Waals surface area (Å²) in [4.78, 5) is 0. The summed E-state index contributed by atoms with van der Waals surface area (Å²) in [6.07, 6.45) is 7.57. The molecule has 3 heteroatoms. The van der Waals surface area contributed by atoms with Crippen molar-refractivity contribution in [2.24, 2.45) is 0 Å². The van der Waals surface area contributed by atoms with Crippen molar-refractivity contribution >= 4 is 0 Å². The Bertz CT molecular complexity index is 31.3. The molecule has 0 spiro atoms. The fourth-order valence-corrected chi connectivity index (χ4v) is 0.553. The van der Waals surface area contributed by atoms with E-state index < -0.39 is 0 Å². The molecule has 0 rings (SSSR count). The Morgan fingerprint density at radius 2 is 1.18 bits per heavy atom. The van der Waals surface area contributed by atoms with Crippen LogP contribution in [-0.4, -0.2) is 0 Å². The zero-order valence-corrected chi connectivity index (χ0v) is 10.1. The molecular weight excluding hydrogens is 319 g/mol. The Labute approximate surface area is 87.0 Å². The van der Waals surface area contributed by atoms with Gasteiger partial charge in [-0.3, -0.25) is 0 Å². The van der Waals surface area contributed by atoms with Crippen LogP contribution in [0.2, 0.25) is 0 Å². The zero-order chi connectivity index (χ0) is 5.54. The molecule has 0 atom stereocenters. The summed E-state index contributed by atoms with van der Waals surface area (Å²) < 4.78 is 0. The van der Waals surface area contributed by atoms with Crippen molar-refractivity contribution in [1.82, 2.24) is 0 Å². The van der Waals surface area contributed by atoms with Gasteiger partial charge >= 0.3 is 21.1 Å². The molecule has 0 saturated carbocycles. The van der Waals surface area contributed by atoms with Gasteiger partial charge in [-0.1, -0.05) is 26.7 Å². The van der Waals surface area contributed by atoms with Crippen molar-refractivity contribution in [3.63, 3.8) is 0 Å². The average Bonchev–Trinajstić information content (AvgIpc) is 1.69. The molecule has 0 aliphatic carbocycles. The van der Waals surface area contributed by atoms with Gasteiger partial charge in [-0.25, -0.2) is 0 Å². The third kappa shape index (κ3) is 37.0. The van der Waals surface area contributed by atoms with Crippen LogP contribution < -0.4 is 0 Å². The molecule has 0 aromatic rings. The second kappa shape index (κ2) is 31.1. The number of nitrogens with two attached hydrogens (primary N) is 2. The minimum Gasteiger partial charge on any atom is -0.693 e. The Morgan fingerprint density at radius 3 is 1.36 bits per heavy atom. The summed E-state index contributed by atoms with van der Waals surface area (Å²) in [7, 11) is 0. The van der Waals surface area contributed by atoms with Gasteiger partial charge in [-0.15, -0.1) is 0 Å². The van der Waals surface area contributed by atoms with Crippen molar-refractivity contribution in [2.75, 3.05) is 0 Å². The van der Waals surface area contributed by atoms with E-state index in [2.05, 4.69) is 20.3 Å². The SMILES string of the molecule is CCC[CH-]CCC.[CH3-].[NH2-].[NH2-].[Pt+4]. The number of rotatable bonds is 4. The molecule has 2 nitrogen and oxygen atoms in total. The molecule has 0 fully saturated rings. The number of unbranched alkanes of at least 4 members (excludes halogenated alkanes) is 4. The monoisotopic (exact) mass is 341 g/mol. The predicted octanol–water partition coefficient (Wildman–Crippen LogP) is 4.67. The first-order valence-electron chi connectivity index (χ1n) is 3.23. The van der Waals surface area contributed by atoms with Gasteiger partial charge in [-0.05, 0) is 0 Å². The van der Waals surface area contributed by atoms with E-state index in [0.717, 1.165) is 0 Å². The molecular formula is C8H22N2Pt. The third-order valence-electron chi connectivity index (χ3n) is 0.986. The van der Waals surface area contributed by atoms with Gasteiger partial charge < -0.3 is 26.1 Å². The molecule has 0 aliphatic rings. The molecule has 0 heterocycles. The summed E-state index contributed by atoms with van der Waals surface area (Å²) in [5, 5.41) is 0. The van der Waals surface area contributed by atoms with Crippen LogP contribution >= 0.6 is 0 Å². The van der Waals surface area contributed by atoms with Crippen LogP contribution in [0.1, 0.15) is 39.5 Å². The molecule has 4 N–H and O–H groups in total. The van der Waals surface area contributed by atoms with Gasteiger partial charge in [0.2, 0.25) is 0 Å². The minimum absolute atomic E-state index is 0. The Balaban J connectivity index is -0.0000000300. The van der Waals surface area contributed by atoms with Gasteiger partial charge in [-0.2, -0.15) is 12.8 Å². The maximum Gasteiger partial charge on any atom is 4.00 e. The van der Waals surface area contributed by atoms with E-state index in [1.165, 1.54) is 25.7 Å². The molecule has 74 valence electrons. The summed E-state index contributed by atoms with van der Waals surface area (Å²) in [5.74, 6) is 0. The second-order valence-electron chi connectivity index (χ2n) is 1.87. The molecule has 0 bridgehead atoms. The average molecular weight is 341 g/mol. The Hall–Kier alpha value is 0.608. The Kier molecular flexibility index (Phi) is 84.7. The molecule has 0 saturated heterocycles. The minimum atomic E-state index is 0. The topological polar surface area (TPSA) is 67.0 Å². The van der Waals surface area contributed by atoms with Crippen LogP contribution in [0, 0.1) is 13.8 Å². The van der Waals surface area contributed by atoms with Crippen molar-refractivity contribution in [1.29, 1.82) is 0 Å². The maximum absolute atomic E-state index is 2.36. The molecule has 0 unspecified atom stereocenters. The molecule has 0 radical (unpaired) electrons. The molecule has 0 aromatic heterocycles. The van der Waals surface area contributed by atoms with Crippen LogP contribution in [0.3, 0.4) is 0 Å². The molecule has 0 aromatic carbocycles. The van der Waals surface area contributed by atoms with Gasteiger partial charge in [0.15, 0.2) is 0 Å². The first kappa shape index (κ1) is 29.9. The van der Waals surface area contributed by atoms with E-state index in [1.54, 1.807) is 0 Å². The maximum atomic E-state index is 2.36. The van der Waals surface area contributed by atoms with E-state index in [4.69, 9.17) is 0 Å². The first-order chi connectivity index (χ1) is 3.41. The predicted molar refractivity (Wildman–Crippen MR) is 51.1 cm³/mol. The van der Waals surface area contributed by atoms with Crippen LogP contribution in [0.5, 0.6) is 0 Å². The fourth-order valence-electron chi connectivity index (χ4n) is 0.553. The third-order valence-corrected chi connectivity index (χ3v) is 0.986. The van der Waals surface area contributed by atoms with Gasteiger partial charge in [0, 0.05) is 0 Å². The molecule has 0 amide bonds. The van der Waals surface area contributed by atoms with Crippen molar-refractivity contribution in [2.45, 2.75) is 39.5 Å². The smallest absolute Gasteiger partial charge is 0.693 e. The Morgan fingerprint density at radius 1 is 0.909 bits per heavy atom. The van der Waals surface area contributed by atoms with Crippen LogP contribution in [0.15, 0.2) is 0 Å². The van der Waals surface area contributed by atoms with Crippen molar-refractivity contribution in [3.8, 4) is 0 Å². The quantitative estimate of drug-likeness (QED) is 0.527. The van der Waals surface area contributed by atoms with Gasteiger partial charge in [0.1, 0.15) is 0 Å². The van der Waals surface area contributed by atoms with Crippen LogP contribution in [0.25, 0.3) is 12.3 Å². The van der Waals surface area contributed by atoms with Crippen molar-refractivity contribution < 1.29 is 21.1 Å². The van der Waals surface area contributed by atoms with E-state index in [1.807, 2.05) is 0 Å². The number of hydrogen-bond acceptors (Lipinski definition) is 0. The van der Waals surface area contributed by atoms with Gasteiger partial charge in [0.05, 0.1) is 0 Å². The number of hydrogen-bond donors (Lipinski definition) is 0. The van der Waals surface area contributed by atoms with E-state index in [9.17, 15) is 0 Å². The zero-order valence-electron chi connectivity index (χ0n) is 7.88. The fraction of sp³-hybridized carbons (Fsp3) is 0.750.